The Kier molecular flexibility index (Phi) is 4.78. The van der Waals surface area contributed by atoms with Gasteiger partial charge in [0.15, 0.2) is 0 Å². The van der Waals surface area contributed by atoms with Crippen LogP contribution in [0.2, 0.25) is 0 Å². The van der Waals surface area contributed by atoms with Gasteiger partial charge < -0.3 is 4.79 Å². The largest absolute Gasteiger partial charge is 0.302 e. The number of rotatable bonds is 3. The Balaban J connectivity index is 2.49. The molecular weight excluding hydrogens is 209 g/mol. The fourth-order valence-corrected chi connectivity index (χ4v) is 1.82. The normalized spacial score (nSPS) is 26.0. The summed E-state index contributed by atoms with van der Waals surface area (Å²) >= 11 is 11.2. The first-order chi connectivity index (χ1) is 6.27. The van der Waals surface area contributed by atoms with Gasteiger partial charge in [-0.25, -0.2) is 0 Å². The van der Waals surface area contributed by atoms with E-state index in [-0.39, 0.29) is 6.04 Å². The van der Waals surface area contributed by atoms with Crippen molar-refractivity contribution in [2.45, 2.75) is 25.3 Å². The number of hydrogen-bond acceptors (Lipinski definition) is 2. The molecule has 1 rings (SSSR count). The van der Waals surface area contributed by atoms with E-state index in [0.717, 1.165) is 32.1 Å². The van der Waals surface area contributed by atoms with Crippen molar-refractivity contribution in [1.82, 2.24) is 4.90 Å². The minimum atomic E-state index is 0.0270. The molecule has 1 aliphatic rings. The highest BCUT2D eigenvalue weighted by molar-refractivity contribution is 6.36. The number of aldehydes is 1. The van der Waals surface area contributed by atoms with Gasteiger partial charge in [0.05, 0.1) is 6.04 Å². The molecule has 1 saturated heterocycles. The van der Waals surface area contributed by atoms with Gasteiger partial charge in [-0.3, -0.25) is 4.90 Å². The SMILES string of the molecule is O=CC1CCCCN1C/C(Cl)=C\Cl. The van der Waals surface area contributed by atoms with Crippen molar-refractivity contribution in [2.75, 3.05) is 13.1 Å². The molecule has 0 bridgehead atoms. The second kappa shape index (κ2) is 5.63. The second-order valence-corrected chi connectivity index (χ2v) is 3.93. The van der Waals surface area contributed by atoms with Crippen LogP contribution in [-0.4, -0.2) is 30.3 Å². The van der Waals surface area contributed by atoms with Crippen molar-refractivity contribution < 1.29 is 4.79 Å². The first-order valence-corrected chi connectivity index (χ1v) is 5.23. The van der Waals surface area contributed by atoms with Crippen LogP contribution in [0.25, 0.3) is 0 Å². The van der Waals surface area contributed by atoms with E-state index in [0.29, 0.717) is 11.6 Å². The number of likely N-dealkylation sites (tertiary alicyclic amines) is 1. The summed E-state index contributed by atoms with van der Waals surface area (Å²) in [4.78, 5) is 12.8. The predicted octanol–water partition coefficient (Wildman–Crippen LogP) is 2.36. The maximum atomic E-state index is 10.7. The van der Waals surface area contributed by atoms with E-state index in [2.05, 4.69) is 4.90 Å². The highest BCUT2D eigenvalue weighted by atomic mass is 35.5. The molecule has 1 heterocycles. The molecule has 0 saturated carbocycles. The van der Waals surface area contributed by atoms with Gasteiger partial charge in [0.2, 0.25) is 0 Å². The Labute approximate surface area is 88.5 Å². The molecular formula is C9H13Cl2NO. The Hall–Kier alpha value is -0.0500. The first-order valence-electron chi connectivity index (χ1n) is 4.42. The lowest BCUT2D eigenvalue weighted by molar-refractivity contribution is -0.113. The highest BCUT2D eigenvalue weighted by Gasteiger charge is 2.21. The standard InChI is InChI=1S/C9H13Cl2NO/c10-5-8(11)6-12-4-2-1-3-9(12)7-13/h5,7,9H,1-4,6H2/b8-5+. The Morgan fingerprint density at radius 2 is 2.31 bits per heavy atom. The zero-order valence-corrected chi connectivity index (χ0v) is 8.89. The van der Waals surface area contributed by atoms with E-state index in [4.69, 9.17) is 23.2 Å². The lowest BCUT2D eigenvalue weighted by atomic mass is 10.0. The smallest absolute Gasteiger partial charge is 0.137 e. The summed E-state index contributed by atoms with van der Waals surface area (Å²) in [6.45, 7) is 1.53. The molecule has 0 radical (unpaired) electrons. The molecule has 2 nitrogen and oxygen atoms in total. The minimum absolute atomic E-state index is 0.0270. The third-order valence-corrected chi connectivity index (χ3v) is 2.90. The van der Waals surface area contributed by atoms with E-state index in [1.54, 1.807) is 0 Å². The fourth-order valence-electron chi connectivity index (χ4n) is 1.60. The molecule has 13 heavy (non-hydrogen) atoms. The number of carbonyl (C=O) groups excluding carboxylic acids is 1. The molecule has 0 aromatic carbocycles. The van der Waals surface area contributed by atoms with Crippen LogP contribution in [0, 0.1) is 0 Å². The molecule has 0 amide bonds. The molecule has 0 aromatic heterocycles. The molecule has 1 atom stereocenters. The Morgan fingerprint density at radius 3 is 2.92 bits per heavy atom. The molecule has 4 heteroatoms. The van der Waals surface area contributed by atoms with Gasteiger partial charge in [0.1, 0.15) is 6.29 Å². The zero-order valence-electron chi connectivity index (χ0n) is 7.38. The molecule has 1 unspecified atom stereocenters. The number of piperidine rings is 1. The quantitative estimate of drug-likeness (QED) is 0.683. The predicted molar refractivity (Wildman–Crippen MR) is 55.1 cm³/mol. The lowest BCUT2D eigenvalue weighted by Gasteiger charge is -2.31. The van der Waals surface area contributed by atoms with Gasteiger partial charge in [-0.1, -0.05) is 29.6 Å². The number of halogens is 2. The van der Waals surface area contributed by atoms with E-state index < -0.39 is 0 Å². The van der Waals surface area contributed by atoms with Crippen molar-refractivity contribution in [3.05, 3.63) is 10.6 Å². The Bertz CT molecular complexity index is 206. The van der Waals surface area contributed by atoms with Crippen LogP contribution in [0.1, 0.15) is 19.3 Å². The van der Waals surface area contributed by atoms with Gasteiger partial charge in [0, 0.05) is 17.1 Å². The van der Waals surface area contributed by atoms with Gasteiger partial charge in [-0.15, -0.1) is 0 Å². The monoisotopic (exact) mass is 221 g/mol. The van der Waals surface area contributed by atoms with Crippen molar-refractivity contribution in [3.8, 4) is 0 Å². The van der Waals surface area contributed by atoms with Gasteiger partial charge in [0.25, 0.3) is 0 Å². The molecule has 0 aromatic rings. The topological polar surface area (TPSA) is 20.3 Å². The summed E-state index contributed by atoms with van der Waals surface area (Å²) in [5.74, 6) is 0. The zero-order chi connectivity index (χ0) is 9.68. The summed E-state index contributed by atoms with van der Waals surface area (Å²) in [5, 5.41) is 0.593. The van der Waals surface area contributed by atoms with Crippen LogP contribution in [0.3, 0.4) is 0 Å². The van der Waals surface area contributed by atoms with Gasteiger partial charge >= 0.3 is 0 Å². The lowest BCUT2D eigenvalue weighted by Crippen LogP contribution is -2.41. The number of carbonyl (C=O) groups is 1. The third-order valence-electron chi connectivity index (χ3n) is 2.29. The molecule has 0 spiro atoms. The van der Waals surface area contributed by atoms with Crippen LogP contribution in [0.4, 0.5) is 0 Å². The molecule has 0 N–H and O–H groups in total. The van der Waals surface area contributed by atoms with Crippen molar-refractivity contribution in [1.29, 1.82) is 0 Å². The van der Waals surface area contributed by atoms with E-state index in [1.165, 1.54) is 5.54 Å². The molecule has 74 valence electrons. The fraction of sp³-hybridized carbons (Fsp3) is 0.667. The van der Waals surface area contributed by atoms with Crippen molar-refractivity contribution >= 4 is 29.5 Å². The van der Waals surface area contributed by atoms with Crippen LogP contribution in [-0.2, 0) is 4.79 Å². The maximum Gasteiger partial charge on any atom is 0.137 e. The first kappa shape index (κ1) is 11.0. The number of nitrogens with zero attached hydrogens (tertiary/aromatic N) is 1. The third kappa shape index (κ3) is 3.29. The Morgan fingerprint density at radius 1 is 1.54 bits per heavy atom. The van der Waals surface area contributed by atoms with E-state index in [9.17, 15) is 4.79 Å². The van der Waals surface area contributed by atoms with Crippen molar-refractivity contribution in [2.24, 2.45) is 0 Å². The highest BCUT2D eigenvalue weighted by Crippen LogP contribution is 2.18. The minimum Gasteiger partial charge on any atom is -0.302 e. The van der Waals surface area contributed by atoms with Crippen LogP contribution < -0.4 is 0 Å². The summed E-state index contributed by atoms with van der Waals surface area (Å²) in [6.07, 6.45) is 4.20. The van der Waals surface area contributed by atoms with E-state index in [1.807, 2.05) is 0 Å². The van der Waals surface area contributed by atoms with Crippen molar-refractivity contribution in [3.63, 3.8) is 0 Å². The summed E-state index contributed by atoms with van der Waals surface area (Å²) in [7, 11) is 0. The maximum absolute atomic E-state index is 10.7. The van der Waals surface area contributed by atoms with Crippen LogP contribution >= 0.6 is 23.2 Å². The molecule has 1 fully saturated rings. The van der Waals surface area contributed by atoms with Crippen LogP contribution in [0.5, 0.6) is 0 Å². The van der Waals surface area contributed by atoms with Gasteiger partial charge in [-0.2, -0.15) is 0 Å². The average molecular weight is 222 g/mol. The molecule has 0 aliphatic carbocycles. The van der Waals surface area contributed by atoms with Gasteiger partial charge in [-0.05, 0) is 19.4 Å². The molecule has 1 aliphatic heterocycles. The van der Waals surface area contributed by atoms with Crippen LogP contribution in [0.15, 0.2) is 10.6 Å². The number of hydrogen-bond donors (Lipinski definition) is 0. The summed E-state index contributed by atoms with van der Waals surface area (Å²) in [5.41, 5.74) is 1.36. The summed E-state index contributed by atoms with van der Waals surface area (Å²) < 4.78 is 0. The summed E-state index contributed by atoms with van der Waals surface area (Å²) in [6, 6.07) is 0.0270. The average Bonchev–Trinajstić information content (AvgIpc) is 2.18. The second-order valence-electron chi connectivity index (χ2n) is 3.23. The van der Waals surface area contributed by atoms with E-state index >= 15 is 0 Å².